The molecule has 0 fully saturated rings. The van der Waals surface area contributed by atoms with Gasteiger partial charge >= 0.3 is 0 Å². The third kappa shape index (κ3) is 4.76. The summed E-state index contributed by atoms with van der Waals surface area (Å²) in [5.74, 6) is 0. The molecule has 1 aromatic rings. The lowest BCUT2D eigenvalue weighted by Gasteiger charge is -2.14. The van der Waals surface area contributed by atoms with Gasteiger partial charge in [0.05, 0.1) is 10.5 Å². The lowest BCUT2D eigenvalue weighted by atomic mass is 10.1. The molecular weight excluding hydrogens is 308 g/mol. The van der Waals surface area contributed by atoms with Crippen molar-refractivity contribution in [2.24, 2.45) is 0 Å². The van der Waals surface area contributed by atoms with Gasteiger partial charge in [0.1, 0.15) is 0 Å². The number of nitro benzene ring substituents is 1. The molecule has 4 nitrogen and oxygen atoms in total. The third-order valence-electron chi connectivity index (χ3n) is 2.96. The molecular formula is C14H19BrN2O2. The second-order valence-electron chi connectivity index (χ2n) is 4.52. The Labute approximate surface area is 122 Å². The summed E-state index contributed by atoms with van der Waals surface area (Å²) in [7, 11) is 0. The predicted octanol–water partition coefficient (Wildman–Crippen LogP) is 4.15. The van der Waals surface area contributed by atoms with E-state index in [-0.39, 0.29) is 16.7 Å². The normalized spacial score (nSPS) is 13.4. The molecule has 0 saturated heterocycles. The maximum absolute atomic E-state index is 11.0. The fraction of sp³-hybridized carbons (Fsp3) is 0.429. The van der Waals surface area contributed by atoms with Crippen LogP contribution in [-0.4, -0.2) is 17.5 Å². The van der Waals surface area contributed by atoms with Crippen LogP contribution in [0.2, 0.25) is 0 Å². The number of benzene rings is 1. The monoisotopic (exact) mass is 326 g/mol. The predicted molar refractivity (Wildman–Crippen MR) is 82.2 cm³/mol. The largest absolute Gasteiger partial charge is 0.311 e. The summed E-state index contributed by atoms with van der Waals surface area (Å²) in [5, 5.41) is 14.4. The van der Waals surface area contributed by atoms with E-state index in [1.807, 2.05) is 19.1 Å². The smallest absolute Gasteiger partial charge is 0.277 e. The van der Waals surface area contributed by atoms with Crippen molar-refractivity contribution in [1.82, 2.24) is 5.32 Å². The quantitative estimate of drug-likeness (QED) is 0.631. The second kappa shape index (κ2) is 7.40. The van der Waals surface area contributed by atoms with Crippen molar-refractivity contribution in [2.75, 3.05) is 6.54 Å². The van der Waals surface area contributed by atoms with Crippen LogP contribution in [0.15, 0.2) is 28.2 Å². The molecule has 1 unspecified atom stereocenters. The van der Waals surface area contributed by atoms with Gasteiger partial charge in [-0.2, -0.15) is 0 Å². The van der Waals surface area contributed by atoms with Crippen LogP contribution >= 0.6 is 15.9 Å². The molecule has 0 spiro atoms. The van der Waals surface area contributed by atoms with Gasteiger partial charge in [0.2, 0.25) is 0 Å². The first-order valence-electron chi connectivity index (χ1n) is 6.31. The van der Waals surface area contributed by atoms with Crippen LogP contribution in [0.3, 0.4) is 0 Å². The summed E-state index contributed by atoms with van der Waals surface area (Å²) in [5.41, 5.74) is 1.84. The average molecular weight is 327 g/mol. The number of hydrogen-bond donors (Lipinski definition) is 1. The second-order valence-corrected chi connectivity index (χ2v) is 5.44. The number of nitro groups is 1. The summed E-state index contributed by atoms with van der Waals surface area (Å²) >= 11 is 3.26. The molecule has 0 saturated carbocycles. The highest BCUT2D eigenvalue weighted by molar-refractivity contribution is 9.10. The van der Waals surface area contributed by atoms with E-state index in [1.165, 1.54) is 6.07 Å². The minimum absolute atomic E-state index is 0.122. The minimum Gasteiger partial charge on any atom is -0.311 e. The molecule has 104 valence electrons. The van der Waals surface area contributed by atoms with Crippen LogP contribution in [0, 0.1) is 10.1 Å². The van der Waals surface area contributed by atoms with Crippen molar-refractivity contribution in [3.05, 3.63) is 43.9 Å². The zero-order valence-corrected chi connectivity index (χ0v) is 13.0. The number of nitrogens with one attached hydrogen (secondary N) is 1. The number of nitrogens with zero attached hydrogens (tertiary/aromatic N) is 1. The molecule has 0 amide bonds. The molecule has 19 heavy (non-hydrogen) atoms. The zero-order chi connectivity index (χ0) is 14.4. The van der Waals surface area contributed by atoms with E-state index in [1.54, 1.807) is 6.07 Å². The Hall–Kier alpha value is -1.20. The van der Waals surface area contributed by atoms with E-state index in [4.69, 9.17) is 0 Å². The maximum Gasteiger partial charge on any atom is 0.277 e. The lowest BCUT2D eigenvalue weighted by Crippen LogP contribution is -2.27. The fourth-order valence-electron chi connectivity index (χ4n) is 1.69. The molecule has 1 atom stereocenters. The Morgan fingerprint density at radius 2 is 2.26 bits per heavy atom. The standard InChI is InChI=1S/C14H19BrN2O2/c1-4-7-16-11(3)10(2)8-12-5-6-13(15)9-14(12)17(18)19/h5-6,8-9,11,16H,4,7H2,1-3H3/b10-8+. The number of halogens is 1. The first kappa shape index (κ1) is 15.9. The lowest BCUT2D eigenvalue weighted by molar-refractivity contribution is -0.385. The van der Waals surface area contributed by atoms with Gasteiger partial charge < -0.3 is 5.32 Å². The minimum atomic E-state index is -0.353. The van der Waals surface area contributed by atoms with Crippen molar-refractivity contribution in [3.8, 4) is 0 Å². The maximum atomic E-state index is 11.0. The average Bonchev–Trinajstić information content (AvgIpc) is 2.37. The van der Waals surface area contributed by atoms with Gasteiger partial charge in [-0.3, -0.25) is 10.1 Å². The Morgan fingerprint density at radius 3 is 2.84 bits per heavy atom. The summed E-state index contributed by atoms with van der Waals surface area (Å²) in [6, 6.07) is 5.32. The van der Waals surface area contributed by atoms with E-state index >= 15 is 0 Å². The first-order chi connectivity index (χ1) is 8.95. The Bertz CT molecular complexity index is 486. The van der Waals surface area contributed by atoms with Crippen molar-refractivity contribution in [2.45, 2.75) is 33.2 Å². The molecule has 0 heterocycles. The Morgan fingerprint density at radius 1 is 1.58 bits per heavy atom. The number of rotatable bonds is 6. The molecule has 0 aliphatic rings. The number of hydrogen-bond acceptors (Lipinski definition) is 3. The summed E-state index contributed by atoms with van der Waals surface area (Å²) in [6.45, 7) is 7.10. The molecule has 1 rings (SSSR count). The van der Waals surface area contributed by atoms with Gasteiger partial charge in [-0.1, -0.05) is 28.4 Å². The van der Waals surface area contributed by atoms with Crippen LogP contribution in [0.4, 0.5) is 5.69 Å². The molecule has 0 bridgehead atoms. The SMILES string of the molecule is CCCNC(C)/C(C)=C/c1ccc(Br)cc1[N+](=O)[O-]. The summed E-state index contributed by atoms with van der Waals surface area (Å²) in [6.07, 6.45) is 2.94. The molecule has 0 aromatic heterocycles. The van der Waals surface area contributed by atoms with Gasteiger partial charge in [-0.25, -0.2) is 0 Å². The highest BCUT2D eigenvalue weighted by Gasteiger charge is 2.13. The molecule has 0 radical (unpaired) electrons. The molecule has 5 heteroatoms. The van der Waals surface area contributed by atoms with Gasteiger partial charge in [-0.15, -0.1) is 0 Å². The van der Waals surface area contributed by atoms with Crippen LogP contribution in [0.25, 0.3) is 6.08 Å². The molecule has 0 aliphatic heterocycles. The first-order valence-corrected chi connectivity index (χ1v) is 7.10. The van der Waals surface area contributed by atoms with Gasteiger partial charge in [0.15, 0.2) is 0 Å². The van der Waals surface area contributed by atoms with Crippen molar-refractivity contribution in [1.29, 1.82) is 0 Å². The van der Waals surface area contributed by atoms with Gasteiger partial charge in [0, 0.05) is 16.6 Å². The van der Waals surface area contributed by atoms with E-state index in [9.17, 15) is 10.1 Å². The molecule has 0 aliphatic carbocycles. The zero-order valence-electron chi connectivity index (χ0n) is 11.4. The van der Waals surface area contributed by atoms with Crippen LogP contribution in [0.1, 0.15) is 32.8 Å². The van der Waals surface area contributed by atoms with Crippen LogP contribution in [-0.2, 0) is 0 Å². The highest BCUT2D eigenvalue weighted by atomic mass is 79.9. The van der Waals surface area contributed by atoms with E-state index in [0.717, 1.165) is 18.5 Å². The summed E-state index contributed by atoms with van der Waals surface area (Å²) < 4.78 is 0.714. The van der Waals surface area contributed by atoms with Crippen molar-refractivity contribution < 1.29 is 4.92 Å². The Balaban J connectivity index is 3.00. The highest BCUT2D eigenvalue weighted by Crippen LogP contribution is 2.25. The van der Waals surface area contributed by atoms with E-state index < -0.39 is 0 Å². The fourth-order valence-corrected chi connectivity index (χ4v) is 2.04. The third-order valence-corrected chi connectivity index (χ3v) is 3.45. The van der Waals surface area contributed by atoms with Crippen molar-refractivity contribution in [3.63, 3.8) is 0 Å². The van der Waals surface area contributed by atoms with Crippen LogP contribution in [0.5, 0.6) is 0 Å². The van der Waals surface area contributed by atoms with E-state index in [2.05, 4.69) is 35.1 Å². The molecule has 1 N–H and O–H groups in total. The van der Waals surface area contributed by atoms with Gasteiger partial charge in [-0.05, 0) is 45.0 Å². The summed E-state index contributed by atoms with van der Waals surface area (Å²) in [4.78, 5) is 10.7. The van der Waals surface area contributed by atoms with Crippen molar-refractivity contribution >= 4 is 27.7 Å². The Kier molecular flexibility index (Phi) is 6.18. The van der Waals surface area contributed by atoms with Crippen LogP contribution < -0.4 is 5.32 Å². The van der Waals surface area contributed by atoms with E-state index in [0.29, 0.717) is 10.0 Å². The van der Waals surface area contributed by atoms with Gasteiger partial charge in [0.25, 0.3) is 5.69 Å². The topological polar surface area (TPSA) is 55.2 Å². The molecule has 1 aromatic carbocycles.